The van der Waals surface area contributed by atoms with Gasteiger partial charge in [0, 0.05) is 13.1 Å². The van der Waals surface area contributed by atoms with E-state index in [9.17, 15) is 4.39 Å². The quantitative estimate of drug-likeness (QED) is 0.789. The summed E-state index contributed by atoms with van der Waals surface area (Å²) >= 11 is 5.77. The molecule has 0 radical (unpaired) electrons. The third kappa shape index (κ3) is 1.76. The van der Waals surface area contributed by atoms with E-state index in [0.29, 0.717) is 5.02 Å². The normalized spacial score (nSPS) is 16.8. The van der Waals surface area contributed by atoms with Gasteiger partial charge in [0.05, 0.1) is 5.02 Å². The van der Waals surface area contributed by atoms with Gasteiger partial charge in [0.25, 0.3) is 0 Å². The van der Waals surface area contributed by atoms with Crippen molar-refractivity contribution in [2.75, 3.05) is 13.1 Å². The van der Waals surface area contributed by atoms with Gasteiger partial charge in [-0.05, 0) is 12.1 Å². The first-order chi connectivity index (χ1) is 6.27. The minimum Gasteiger partial charge on any atom is -0.483 e. The van der Waals surface area contributed by atoms with Gasteiger partial charge in [0.2, 0.25) is 0 Å². The predicted octanol–water partition coefficient (Wildman–Crippen LogP) is 1.83. The summed E-state index contributed by atoms with van der Waals surface area (Å²) in [5, 5.41) is 3.36. The Labute approximate surface area is 80.7 Å². The first-order valence-corrected chi connectivity index (χ1v) is 4.46. The van der Waals surface area contributed by atoms with E-state index >= 15 is 0 Å². The second-order valence-corrected chi connectivity index (χ2v) is 3.36. The van der Waals surface area contributed by atoms with E-state index in [1.807, 2.05) is 0 Å². The summed E-state index contributed by atoms with van der Waals surface area (Å²) in [5.74, 6) is -0.241. The lowest BCUT2D eigenvalue weighted by atomic mass is 10.2. The fourth-order valence-electron chi connectivity index (χ4n) is 1.11. The van der Waals surface area contributed by atoms with Crippen LogP contribution in [0.25, 0.3) is 0 Å². The topological polar surface area (TPSA) is 21.3 Å². The highest BCUT2D eigenvalue weighted by Gasteiger charge is 2.21. The van der Waals surface area contributed by atoms with Crippen LogP contribution in [0.5, 0.6) is 5.75 Å². The molecule has 1 N–H and O–H groups in total. The van der Waals surface area contributed by atoms with Crippen molar-refractivity contribution in [3.05, 3.63) is 29.0 Å². The average molecular weight is 202 g/mol. The Morgan fingerprint density at radius 2 is 2.23 bits per heavy atom. The molecule has 0 saturated carbocycles. The molecule has 70 valence electrons. The zero-order valence-electron chi connectivity index (χ0n) is 6.89. The van der Waals surface area contributed by atoms with Crippen LogP contribution in [0, 0.1) is 5.82 Å². The fourth-order valence-corrected chi connectivity index (χ4v) is 1.31. The molecule has 1 aliphatic rings. The van der Waals surface area contributed by atoms with Gasteiger partial charge in [0.1, 0.15) is 6.10 Å². The van der Waals surface area contributed by atoms with Gasteiger partial charge in [0.15, 0.2) is 11.6 Å². The standard InChI is InChI=1S/C9H9ClFNO/c10-7-2-1-3-8(11)9(7)13-6-4-12-5-6/h1-3,6,12H,4-5H2. The predicted molar refractivity (Wildman–Crippen MR) is 48.7 cm³/mol. The number of halogens is 2. The van der Waals surface area contributed by atoms with Crippen molar-refractivity contribution < 1.29 is 9.13 Å². The summed E-state index contributed by atoms with van der Waals surface area (Å²) in [6.45, 7) is 1.51. The summed E-state index contributed by atoms with van der Waals surface area (Å²) in [5.41, 5.74) is 0. The average Bonchev–Trinajstić information content (AvgIpc) is 2.00. The Bertz CT molecular complexity index is 294. The zero-order chi connectivity index (χ0) is 9.26. The molecule has 1 aliphatic heterocycles. The summed E-state index contributed by atoms with van der Waals surface area (Å²) in [4.78, 5) is 0. The Morgan fingerprint density at radius 3 is 2.77 bits per heavy atom. The van der Waals surface area contributed by atoms with Crippen LogP contribution in [0.3, 0.4) is 0 Å². The van der Waals surface area contributed by atoms with Gasteiger partial charge in [-0.25, -0.2) is 4.39 Å². The zero-order valence-corrected chi connectivity index (χ0v) is 7.64. The monoisotopic (exact) mass is 201 g/mol. The highest BCUT2D eigenvalue weighted by Crippen LogP contribution is 2.28. The third-order valence-electron chi connectivity index (χ3n) is 1.95. The van der Waals surface area contributed by atoms with E-state index in [0.717, 1.165) is 13.1 Å². The molecule has 0 aliphatic carbocycles. The Morgan fingerprint density at radius 1 is 1.46 bits per heavy atom. The summed E-state index contributed by atoms with van der Waals surface area (Å²) in [6, 6.07) is 4.52. The lowest BCUT2D eigenvalue weighted by molar-refractivity contribution is 0.136. The minimum atomic E-state index is -0.403. The smallest absolute Gasteiger partial charge is 0.174 e. The molecule has 13 heavy (non-hydrogen) atoms. The fraction of sp³-hybridized carbons (Fsp3) is 0.333. The number of ether oxygens (including phenoxy) is 1. The number of benzene rings is 1. The second kappa shape index (κ2) is 3.52. The first-order valence-electron chi connectivity index (χ1n) is 4.09. The number of hydrogen-bond acceptors (Lipinski definition) is 2. The van der Waals surface area contributed by atoms with Gasteiger partial charge in [-0.1, -0.05) is 17.7 Å². The van der Waals surface area contributed by atoms with Crippen molar-refractivity contribution in [1.29, 1.82) is 0 Å². The van der Waals surface area contributed by atoms with E-state index in [4.69, 9.17) is 16.3 Å². The number of hydrogen-bond donors (Lipinski definition) is 1. The van der Waals surface area contributed by atoms with Gasteiger partial charge >= 0.3 is 0 Å². The molecule has 0 atom stereocenters. The molecule has 0 unspecified atom stereocenters. The molecule has 1 saturated heterocycles. The number of rotatable bonds is 2. The van der Waals surface area contributed by atoms with Crippen LogP contribution in [-0.4, -0.2) is 19.2 Å². The van der Waals surface area contributed by atoms with Crippen LogP contribution in [0.2, 0.25) is 5.02 Å². The van der Waals surface area contributed by atoms with Crippen molar-refractivity contribution in [2.24, 2.45) is 0 Å². The van der Waals surface area contributed by atoms with E-state index in [1.54, 1.807) is 12.1 Å². The SMILES string of the molecule is Fc1cccc(Cl)c1OC1CNC1. The van der Waals surface area contributed by atoms with E-state index in [-0.39, 0.29) is 11.9 Å². The third-order valence-corrected chi connectivity index (χ3v) is 2.25. The Kier molecular flexibility index (Phi) is 2.38. The Balaban J connectivity index is 2.17. The maximum atomic E-state index is 13.1. The summed E-state index contributed by atoms with van der Waals surface area (Å²) in [6.07, 6.45) is 0.0504. The van der Waals surface area contributed by atoms with E-state index in [2.05, 4.69) is 5.32 Å². The van der Waals surface area contributed by atoms with Gasteiger partial charge in [-0.2, -0.15) is 0 Å². The van der Waals surface area contributed by atoms with Crippen molar-refractivity contribution >= 4 is 11.6 Å². The molecule has 4 heteroatoms. The largest absolute Gasteiger partial charge is 0.483 e. The van der Waals surface area contributed by atoms with Crippen LogP contribution in [-0.2, 0) is 0 Å². The highest BCUT2D eigenvalue weighted by molar-refractivity contribution is 6.32. The second-order valence-electron chi connectivity index (χ2n) is 2.95. The van der Waals surface area contributed by atoms with Crippen molar-refractivity contribution in [1.82, 2.24) is 5.32 Å². The molecular weight excluding hydrogens is 193 g/mol. The van der Waals surface area contributed by atoms with E-state index in [1.165, 1.54) is 6.07 Å². The Hall–Kier alpha value is -0.800. The lowest BCUT2D eigenvalue weighted by Gasteiger charge is -2.28. The number of nitrogens with one attached hydrogen (secondary N) is 1. The molecule has 2 rings (SSSR count). The van der Waals surface area contributed by atoms with Crippen molar-refractivity contribution in [2.45, 2.75) is 6.10 Å². The summed E-state index contributed by atoms with van der Waals surface area (Å²) in [7, 11) is 0. The molecule has 2 nitrogen and oxygen atoms in total. The van der Waals surface area contributed by atoms with Gasteiger partial charge < -0.3 is 10.1 Å². The highest BCUT2D eigenvalue weighted by atomic mass is 35.5. The van der Waals surface area contributed by atoms with Crippen LogP contribution < -0.4 is 10.1 Å². The van der Waals surface area contributed by atoms with Crippen LogP contribution in [0.15, 0.2) is 18.2 Å². The maximum absolute atomic E-state index is 13.1. The maximum Gasteiger partial charge on any atom is 0.174 e. The van der Waals surface area contributed by atoms with Gasteiger partial charge in [-0.3, -0.25) is 0 Å². The molecule has 0 aromatic heterocycles. The lowest BCUT2D eigenvalue weighted by Crippen LogP contribution is -2.50. The van der Waals surface area contributed by atoms with Crippen molar-refractivity contribution in [3.8, 4) is 5.75 Å². The first kappa shape index (κ1) is 8.78. The molecule has 0 bridgehead atoms. The van der Waals surface area contributed by atoms with Crippen LogP contribution in [0.1, 0.15) is 0 Å². The van der Waals surface area contributed by atoms with Crippen LogP contribution >= 0.6 is 11.6 Å². The molecule has 1 heterocycles. The summed E-state index contributed by atoms with van der Waals surface area (Å²) < 4.78 is 18.5. The van der Waals surface area contributed by atoms with E-state index < -0.39 is 5.82 Å². The molecular formula is C9H9ClFNO. The molecule has 0 spiro atoms. The van der Waals surface area contributed by atoms with Crippen molar-refractivity contribution in [3.63, 3.8) is 0 Å². The molecule has 1 aromatic rings. The molecule has 1 aromatic carbocycles. The minimum absolute atomic E-state index is 0.0504. The molecule has 1 fully saturated rings. The number of para-hydroxylation sites is 1. The molecule has 0 amide bonds. The van der Waals surface area contributed by atoms with Gasteiger partial charge in [-0.15, -0.1) is 0 Å². The van der Waals surface area contributed by atoms with Crippen LogP contribution in [0.4, 0.5) is 4.39 Å².